The molecule has 1 spiro atoms. The van der Waals surface area contributed by atoms with Crippen molar-refractivity contribution in [1.82, 2.24) is 9.80 Å². The van der Waals surface area contributed by atoms with Crippen LogP contribution in [0.2, 0.25) is 0 Å². The van der Waals surface area contributed by atoms with Crippen molar-refractivity contribution >= 4 is 23.6 Å². The zero-order valence-electron chi connectivity index (χ0n) is 14.4. The van der Waals surface area contributed by atoms with Crippen LogP contribution in [0.1, 0.15) is 26.7 Å². The summed E-state index contributed by atoms with van der Waals surface area (Å²) in [6.07, 6.45) is 5.74. The fraction of sp³-hybridized carbons (Fsp3) is 0.778. The molecular weight excluding hydrogens is 324 g/mol. The molecule has 0 radical (unpaired) electrons. The van der Waals surface area contributed by atoms with Crippen LogP contribution >= 0.6 is 11.8 Å². The van der Waals surface area contributed by atoms with Gasteiger partial charge in [-0.2, -0.15) is 11.8 Å². The van der Waals surface area contributed by atoms with Gasteiger partial charge in [0.2, 0.25) is 11.8 Å². The Morgan fingerprint density at radius 2 is 2.08 bits per heavy atom. The third-order valence-corrected chi connectivity index (χ3v) is 7.06. The number of rotatable bonds is 4. The number of likely N-dealkylation sites (tertiary alicyclic amines) is 1. The largest absolute Gasteiger partial charge is 0.360 e. The molecule has 132 valence electrons. The van der Waals surface area contributed by atoms with Crippen LogP contribution in [0, 0.1) is 11.8 Å². The second-order valence-electron chi connectivity index (χ2n) is 7.27. The van der Waals surface area contributed by atoms with E-state index in [1.54, 1.807) is 0 Å². The molecule has 3 fully saturated rings. The van der Waals surface area contributed by atoms with Crippen LogP contribution in [0.15, 0.2) is 12.2 Å². The zero-order valence-corrected chi connectivity index (χ0v) is 15.3. The Kier molecular flexibility index (Phi) is 4.15. The van der Waals surface area contributed by atoms with Crippen LogP contribution in [0.4, 0.5) is 0 Å². The molecule has 0 aromatic carbocycles. The van der Waals surface area contributed by atoms with Crippen LogP contribution in [0.25, 0.3) is 0 Å². The lowest BCUT2D eigenvalue weighted by molar-refractivity contribution is -0.143. The summed E-state index contributed by atoms with van der Waals surface area (Å²) in [6, 6.07) is 0.246. The molecule has 4 aliphatic heterocycles. The third-order valence-electron chi connectivity index (χ3n) is 6.12. The molecule has 0 aromatic heterocycles. The van der Waals surface area contributed by atoms with Crippen molar-refractivity contribution in [3.05, 3.63) is 12.2 Å². The maximum atomic E-state index is 13.2. The molecular formula is C18H26N2O3S. The molecule has 4 heterocycles. The van der Waals surface area contributed by atoms with E-state index in [-0.39, 0.29) is 35.8 Å². The molecule has 4 aliphatic rings. The Labute approximate surface area is 147 Å². The van der Waals surface area contributed by atoms with E-state index >= 15 is 0 Å². The number of thioether (sulfide) groups is 1. The van der Waals surface area contributed by atoms with E-state index in [1.165, 1.54) is 0 Å². The van der Waals surface area contributed by atoms with Crippen molar-refractivity contribution < 1.29 is 14.3 Å². The van der Waals surface area contributed by atoms with Crippen LogP contribution < -0.4 is 0 Å². The Morgan fingerprint density at radius 3 is 2.75 bits per heavy atom. The van der Waals surface area contributed by atoms with E-state index < -0.39 is 5.60 Å². The molecule has 0 unspecified atom stereocenters. The monoisotopic (exact) mass is 350 g/mol. The van der Waals surface area contributed by atoms with Crippen LogP contribution in [-0.4, -0.2) is 70.5 Å². The molecule has 0 aliphatic carbocycles. The highest BCUT2D eigenvalue weighted by Crippen LogP contribution is 2.53. The minimum Gasteiger partial charge on any atom is -0.360 e. The summed E-state index contributed by atoms with van der Waals surface area (Å²) in [6.45, 7) is 6.43. The minimum absolute atomic E-state index is 0.122. The predicted octanol–water partition coefficient (Wildman–Crippen LogP) is 1.53. The number of carbonyl (C=O) groups excluding carboxylic acids is 2. The molecule has 6 heteroatoms. The standard InChI is InChI=1S/C18H26N2O3S/c1-3-12(4-2)20-11-18-6-5-13(23-18)14(15(18)17(20)22)16(21)19-7-9-24-10-8-19/h5-6,12-15H,3-4,7-11H2,1-2H3/t13-,14-,15+,18-/m0/s1. The molecule has 24 heavy (non-hydrogen) atoms. The molecule has 2 amide bonds. The zero-order chi connectivity index (χ0) is 16.9. The van der Waals surface area contributed by atoms with Gasteiger partial charge in [-0.1, -0.05) is 26.0 Å². The minimum atomic E-state index is -0.560. The van der Waals surface area contributed by atoms with E-state index in [9.17, 15) is 9.59 Å². The van der Waals surface area contributed by atoms with Gasteiger partial charge in [0, 0.05) is 30.6 Å². The predicted molar refractivity (Wildman–Crippen MR) is 93.7 cm³/mol. The summed E-state index contributed by atoms with van der Waals surface area (Å²) < 4.78 is 6.22. The van der Waals surface area contributed by atoms with Crippen LogP contribution in [0.5, 0.6) is 0 Å². The van der Waals surface area contributed by atoms with Crippen molar-refractivity contribution in [3.63, 3.8) is 0 Å². The quantitative estimate of drug-likeness (QED) is 0.722. The van der Waals surface area contributed by atoms with Gasteiger partial charge in [0.1, 0.15) is 5.60 Å². The number of amides is 2. The Balaban J connectivity index is 1.61. The number of nitrogens with zero attached hydrogens (tertiary/aromatic N) is 2. The first-order valence-electron chi connectivity index (χ1n) is 9.15. The highest BCUT2D eigenvalue weighted by atomic mass is 32.2. The van der Waals surface area contributed by atoms with Crippen LogP contribution in [-0.2, 0) is 14.3 Å². The number of hydrogen-bond acceptors (Lipinski definition) is 4. The van der Waals surface area contributed by atoms with E-state index in [4.69, 9.17) is 4.74 Å². The second kappa shape index (κ2) is 6.06. The summed E-state index contributed by atoms with van der Waals surface area (Å²) >= 11 is 1.89. The van der Waals surface area contributed by atoms with E-state index in [0.29, 0.717) is 6.54 Å². The van der Waals surface area contributed by atoms with Crippen molar-refractivity contribution in [3.8, 4) is 0 Å². The molecule has 0 aromatic rings. The van der Waals surface area contributed by atoms with Crippen LogP contribution in [0.3, 0.4) is 0 Å². The second-order valence-corrected chi connectivity index (χ2v) is 8.50. The normalized spacial score (nSPS) is 37.6. The highest BCUT2D eigenvalue weighted by Gasteiger charge is 2.67. The van der Waals surface area contributed by atoms with Gasteiger partial charge in [-0.05, 0) is 12.8 Å². The molecule has 0 N–H and O–H groups in total. The Bertz CT molecular complexity index is 571. The maximum Gasteiger partial charge on any atom is 0.230 e. The lowest BCUT2D eigenvalue weighted by Crippen LogP contribution is -2.48. The lowest BCUT2D eigenvalue weighted by atomic mass is 9.76. The third kappa shape index (κ3) is 2.25. The lowest BCUT2D eigenvalue weighted by Gasteiger charge is -2.32. The summed E-state index contributed by atoms with van der Waals surface area (Å²) in [5.41, 5.74) is -0.560. The molecule has 5 nitrogen and oxygen atoms in total. The summed E-state index contributed by atoms with van der Waals surface area (Å²) in [7, 11) is 0. The van der Waals surface area contributed by atoms with E-state index in [1.807, 2.05) is 27.6 Å². The molecule has 4 atom stereocenters. The SMILES string of the molecule is CCC(CC)N1C[C@]23C=C[C@H](O2)[C@H](C(=O)N2CCSCC2)[C@@H]3C1=O. The number of ether oxygens (including phenoxy) is 1. The van der Waals surface area contributed by atoms with Gasteiger partial charge in [-0.3, -0.25) is 9.59 Å². The topological polar surface area (TPSA) is 49.9 Å². The van der Waals surface area contributed by atoms with Crippen molar-refractivity contribution in [2.45, 2.75) is 44.4 Å². The van der Waals surface area contributed by atoms with E-state index in [2.05, 4.69) is 19.9 Å². The number of hydrogen-bond donors (Lipinski definition) is 0. The van der Waals surface area contributed by atoms with Gasteiger partial charge in [0.05, 0.1) is 24.5 Å². The first-order chi connectivity index (χ1) is 11.6. The average molecular weight is 350 g/mol. The molecule has 0 saturated carbocycles. The van der Waals surface area contributed by atoms with Gasteiger partial charge in [-0.25, -0.2) is 0 Å². The summed E-state index contributed by atoms with van der Waals surface area (Å²) in [5.74, 6) is 1.57. The van der Waals surface area contributed by atoms with E-state index in [0.717, 1.165) is 37.4 Å². The van der Waals surface area contributed by atoms with Gasteiger partial charge in [0.25, 0.3) is 0 Å². The molecule has 3 saturated heterocycles. The Hall–Kier alpha value is -1.01. The summed E-state index contributed by atoms with van der Waals surface area (Å²) in [4.78, 5) is 30.2. The smallest absolute Gasteiger partial charge is 0.230 e. The first-order valence-corrected chi connectivity index (χ1v) is 10.3. The highest BCUT2D eigenvalue weighted by molar-refractivity contribution is 7.99. The summed E-state index contributed by atoms with van der Waals surface area (Å²) in [5, 5.41) is 0. The molecule has 2 bridgehead atoms. The maximum absolute atomic E-state index is 13.2. The number of fused-ring (bicyclic) bond motifs is 1. The molecule has 4 rings (SSSR count). The number of carbonyl (C=O) groups is 2. The van der Waals surface area contributed by atoms with Gasteiger partial charge < -0.3 is 14.5 Å². The van der Waals surface area contributed by atoms with Crippen molar-refractivity contribution in [2.75, 3.05) is 31.1 Å². The van der Waals surface area contributed by atoms with Gasteiger partial charge >= 0.3 is 0 Å². The average Bonchev–Trinajstić information content (AvgIpc) is 3.25. The first kappa shape index (κ1) is 16.5. The Morgan fingerprint density at radius 1 is 1.38 bits per heavy atom. The van der Waals surface area contributed by atoms with Crippen molar-refractivity contribution in [2.24, 2.45) is 11.8 Å². The van der Waals surface area contributed by atoms with Gasteiger partial charge in [0.15, 0.2) is 0 Å². The van der Waals surface area contributed by atoms with Gasteiger partial charge in [-0.15, -0.1) is 0 Å². The van der Waals surface area contributed by atoms with Crippen molar-refractivity contribution in [1.29, 1.82) is 0 Å². The fourth-order valence-corrected chi connectivity index (χ4v) is 5.75. The fourth-order valence-electron chi connectivity index (χ4n) is 4.84.